The minimum atomic E-state index is 0.346. The molecule has 0 aliphatic carbocycles. The molecule has 112 valence electrons. The zero-order valence-corrected chi connectivity index (χ0v) is 14.3. The third-order valence-electron chi connectivity index (χ3n) is 4.57. The largest absolute Gasteiger partial charge is 0.294 e. The third kappa shape index (κ3) is 2.26. The van der Waals surface area contributed by atoms with Gasteiger partial charge in [0.1, 0.15) is 0 Å². The first-order valence-corrected chi connectivity index (χ1v) is 8.80. The van der Waals surface area contributed by atoms with Crippen LogP contribution in [0.1, 0.15) is 27.6 Å². The first-order chi connectivity index (χ1) is 10.6. The number of aryl methyl sites for hydroxylation is 1. The fourth-order valence-electron chi connectivity index (χ4n) is 3.43. The number of benzene rings is 2. The highest BCUT2D eigenvalue weighted by Crippen LogP contribution is 2.43. The predicted molar refractivity (Wildman–Crippen MR) is 96.2 cm³/mol. The van der Waals surface area contributed by atoms with E-state index in [4.69, 9.17) is 11.6 Å². The van der Waals surface area contributed by atoms with Crippen molar-refractivity contribution in [2.24, 2.45) is 0 Å². The lowest BCUT2D eigenvalue weighted by atomic mass is 9.93. The minimum absolute atomic E-state index is 0.346. The van der Waals surface area contributed by atoms with Crippen molar-refractivity contribution < 1.29 is 0 Å². The van der Waals surface area contributed by atoms with Gasteiger partial charge in [-0.15, -0.1) is 11.3 Å². The van der Waals surface area contributed by atoms with Gasteiger partial charge in [-0.05, 0) is 55.1 Å². The van der Waals surface area contributed by atoms with Gasteiger partial charge in [0, 0.05) is 21.1 Å². The van der Waals surface area contributed by atoms with Crippen LogP contribution in [0.5, 0.6) is 0 Å². The molecule has 3 aromatic rings. The minimum Gasteiger partial charge on any atom is -0.294 e. The number of likely N-dealkylation sites (N-methyl/N-ethyl adjacent to an activating group) is 1. The molecule has 1 aliphatic heterocycles. The zero-order chi connectivity index (χ0) is 15.3. The maximum atomic E-state index is 6.06. The second-order valence-electron chi connectivity index (χ2n) is 6.13. The molecule has 0 saturated heterocycles. The first-order valence-electron chi connectivity index (χ1n) is 7.61. The summed E-state index contributed by atoms with van der Waals surface area (Å²) >= 11 is 8.00. The fraction of sp³-hybridized carbons (Fsp3) is 0.263. The molecule has 0 amide bonds. The Morgan fingerprint density at radius 2 is 1.91 bits per heavy atom. The Morgan fingerprint density at radius 3 is 2.68 bits per heavy atom. The number of hydrogen-bond acceptors (Lipinski definition) is 2. The van der Waals surface area contributed by atoms with Crippen LogP contribution in [0.25, 0.3) is 10.1 Å². The van der Waals surface area contributed by atoms with Gasteiger partial charge in [0.25, 0.3) is 0 Å². The Bertz CT molecular complexity index is 835. The molecule has 1 aliphatic rings. The zero-order valence-electron chi connectivity index (χ0n) is 12.8. The average molecular weight is 328 g/mol. The first kappa shape index (κ1) is 14.3. The van der Waals surface area contributed by atoms with E-state index in [1.165, 1.54) is 26.1 Å². The molecule has 0 spiro atoms. The Labute approximate surface area is 140 Å². The van der Waals surface area contributed by atoms with E-state index in [1.54, 1.807) is 5.56 Å². The number of fused-ring (bicyclic) bond motifs is 3. The van der Waals surface area contributed by atoms with Gasteiger partial charge < -0.3 is 0 Å². The van der Waals surface area contributed by atoms with Gasteiger partial charge in [-0.25, -0.2) is 0 Å². The van der Waals surface area contributed by atoms with Crippen molar-refractivity contribution in [3.63, 3.8) is 0 Å². The quantitative estimate of drug-likeness (QED) is 0.575. The van der Waals surface area contributed by atoms with Gasteiger partial charge >= 0.3 is 0 Å². The highest BCUT2D eigenvalue weighted by Gasteiger charge is 2.29. The summed E-state index contributed by atoms with van der Waals surface area (Å²) in [5, 5.41) is 2.25. The van der Waals surface area contributed by atoms with Gasteiger partial charge in [0.2, 0.25) is 0 Å². The summed E-state index contributed by atoms with van der Waals surface area (Å²) in [6.07, 6.45) is 1.14. The summed E-state index contributed by atoms with van der Waals surface area (Å²) in [4.78, 5) is 3.95. The van der Waals surface area contributed by atoms with Gasteiger partial charge in [0.15, 0.2) is 0 Å². The van der Waals surface area contributed by atoms with Gasteiger partial charge in [-0.1, -0.05) is 41.4 Å². The van der Waals surface area contributed by atoms with Crippen LogP contribution in [0.3, 0.4) is 0 Å². The molecule has 1 nitrogen and oxygen atoms in total. The Kier molecular flexibility index (Phi) is 3.48. The molecular formula is C19H18ClNS. The number of thiophene rings is 1. The molecule has 2 aromatic carbocycles. The van der Waals surface area contributed by atoms with Crippen molar-refractivity contribution in [2.45, 2.75) is 19.4 Å². The molecule has 0 N–H and O–H groups in total. The fourth-order valence-corrected chi connectivity index (χ4v) is 4.98. The number of rotatable bonds is 1. The molecule has 0 bridgehead atoms. The van der Waals surface area contributed by atoms with Crippen molar-refractivity contribution >= 4 is 33.0 Å². The van der Waals surface area contributed by atoms with E-state index < -0.39 is 0 Å². The number of nitrogens with zero attached hydrogens (tertiary/aromatic N) is 1. The maximum absolute atomic E-state index is 6.06. The molecule has 0 fully saturated rings. The van der Waals surface area contributed by atoms with Crippen molar-refractivity contribution in [2.75, 3.05) is 13.6 Å². The summed E-state index contributed by atoms with van der Waals surface area (Å²) in [6.45, 7) is 3.27. The van der Waals surface area contributed by atoms with E-state index in [0.29, 0.717) is 6.04 Å². The molecule has 3 heteroatoms. The maximum Gasteiger partial charge on any atom is 0.0696 e. The van der Waals surface area contributed by atoms with Crippen molar-refractivity contribution in [3.05, 3.63) is 69.1 Å². The van der Waals surface area contributed by atoms with Crippen molar-refractivity contribution in [3.8, 4) is 0 Å². The molecule has 0 radical (unpaired) electrons. The van der Waals surface area contributed by atoms with Gasteiger partial charge in [-0.3, -0.25) is 4.90 Å². The van der Waals surface area contributed by atoms with Crippen LogP contribution in [0.4, 0.5) is 0 Å². The second-order valence-corrected chi connectivity index (χ2v) is 7.65. The average Bonchev–Trinajstić information content (AvgIpc) is 2.86. The van der Waals surface area contributed by atoms with E-state index in [0.717, 1.165) is 18.0 Å². The van der Waals surface area contributed by atoms with E-state index in [1.807, 2.05) is 23.5 Å². The molecule has 0 saturated carbocycles. The van der Waals surface area contributed by atoms with E-state index in [2.05, 4.69) is 49.2 Å². The molecule has 2 heterocycles. The van der Waals surface area contributed by atoms with Crippen LogP contribution in [0.2, 0.25) is 5.02 Å². The van der Waals surface area contributed by atoms with Crippen LogP contribution >= 0.6 is 22.9 Å². The van der Waals surface area contributed by atoms with Crippen molar-refractivity contribution in [1.29, 1.82) is 0 Å². The van der Waals surface area contributed by atoms with E-state index in [-0.39, 0.29) is 0 Å². The molecule has 4 rings (SSSR count). The van der Waals surface area contributed by atoms with Crippen molar-refractivity contribution in [1.82, 2.24) is 4.90 Å². The highest BCUT2D eigenvalue weighted by molar-refractivity contribution is 7.19. The second kappa shape index (κ2) is 5.38. The lowest BCUT2D eigenvalue weighted by molar-refractivity contribution is 0.270. The third-order valence-corrected chi connectivity index (χ3v) is 6.08. The molecule has 1 unspecified atom stereocenters. The predicted octanol–water partition coefficient (Wildman–Crippen LogP) is 5.44. The van der Waals surface area contributed by atoms with Crippen LogP contribution in [-0.4, -0.2) is 18.5 Å². The topological polar surface area (TPSA) is 3.24 Å². The lowest BCUT2D eigenvalue weighted by Crippen LogP contribution is -2.31. The molecule has 22 heavy (non-hydrogen) atoms. The summed E-state index contributed by atoms with van der Waals surface area (Å²) < 4.78 is 1.41. The van der Waals surface area contributed by atoms with E-state index >= 15 is 0 Å². The smallest absolute Gasteiger partial charge is 0.0696 e. The monoisotopic (exact) mass is 327 g/mol. The molecule has 1 aromatic heterocycles. The molecular weight excluding hydrogens is 310 g/mol. The summed E-state index contributed by atoms with van der Waals surface area (Å²) in [6, 6.07) is 15.5. The normalized spacial score (nSPS) is 18.6. The number of hydrogen-bond donors (Lipinski definition) is 0. The summed E-state index contributed by atoms with van der Waals surface area (Å²) in [7, 11) is 2.22. The van der Waals surface area contributed by atoms with E-state index in [9.17, 15) is 0 Å². The Balaban J connectivity index is 1.91. The Hall–Kier alpha value is -1.35. The van der Waals surface area contributed by atoms with Crippen LogP contribution in [0.15, 0.2) is 42.5 Å². The summed E-state index contributed by atoms with van der Waals surface area (Å²) in [5.74, 6) is 0. The van der Waals surface area contributed by atoms with Crippen LogP contribution in [-0.2, 0) is 6.42 Å². The molecule has 1 atom stereocenters. The summed E-state index contributed by atoms with van der Waals surface area (Å²) in [5.41, 5.74) is 4.22. The lowest BCUT2D eigenvalue weighted by Gasteiger charge is -2.33. The number of halogens is 1. The SMILES string of the molecule is Cc1ccc2sc3c(c2c1)CCN(C)C3c1ccc(Cl)cc1. The van der Waals surface area contributed by atoms with Gasteiger partial charge in [0.05, 0.1) is 6.04 Å². The highest BCUT2D eigenvalue weighted by atomic mass is 35.5. The van der Waals surface area contributed by atoms with Gasteiger partial charge in [-0.2, -0.15) is 0 Å². The van der Waals surface area contributed by atoms with Crippen LogP contribution in [0, 0.1) is 6.92 Å². The Morgan fingerprint density at radius 1 is 1.14 bits per heavy atom. The van der Waals surface area contributed by atoms with Crippen LogP contribution < -0.4 is 0 Å². The standard InChI is InChI=1S/C19H18ClNS/c1-12-3-8-17-16(11-12)15-9-10-21(2)18(19(15)22-17)13-4-6-14(20)7-5-13/h3-8,11,18H,9-10H2,1-2H3.